The van der Waals surface area contributed by atoms with Crippen molar-refractivity contribution in [2.24, 2.45) is 0 Å². The van der Waals surface area contributed by atoms with E-state index in [1.54, 1.807) is 24.3 Å². The van der Waals surface area contributed by atoms with E-state index in [1.165, 1.54) is 0 Å². The smallest absolute Gasteiger partial charge is 0.304 e. The van der Waals surface area contributed by atoms with Gasteiger partial charge in [-0.05, 0) is 41.0 Å². The molecule has 7 heteroatoms. The molecule has 32 heavy (non-hydrogen) atoms. The van der Waals surface area contributed by atoms with Gasteiger partial charge in [-0.15, -0.1) is 0 Å². The summed E-state index contributed by atoms with van der Waals surface area (Å²) in [7, 11) is 4.00. The molecule has 4 rings (SSSR count). The summed E-state index contributed by atoms with van der Waals surface area (Å²) in [6.07, 6.45) is -0.300. The zero-order valence-electron chi connectivity index (χ0n) is 17.9. The van der Waals surface area contributed by atoms with Crippen LogP contribution < -0.4 is 10.2 Å². The quantitative estimate of drug-likeness (QED) is 0.403. The van der Waals surface area contributed by atoms with E-state index in [4.69, 9.17) is 0 Å². The van der Waals surface area contributed by atoms with Crippen LogP contribution in [0.25, 0.3) is 22.0 Å². The summed E-state index contributed by atoms with van der Waals surface area (Å²) >= 11 is 0. The molecule has 1 unspecified atom stereocenters. The van der Waals surface area contributed by atoms with E-state index < -0.39 is 17.8 Å². The van der Waals surface area contributed by atoms with E-state index in [2.05, 4.69) is 39.8 Å². The Morgan fingerprint density at radius 1 is 1.00 bits per heavy atom. The predicted molar refractivity (Wildman–Crippen MR) is 126 cm³/mol. The number of fused-ring (bicyclic) bond motifs is 1. The number of nitrogens with one attached hydrogen (secondary N) is 2. The lowest BCUT2D eigenvalue weighted by Gasteiger charge is -2.14. The molecule has 3 N–H and O–H groups in total. The van der Waals surface area contributed by atoms with Crippen LogP contribution in [0.2, 0.25) is 0 Å². The molecule has 1 amide bonds. The van der Waals surface area contributed by atoms with Gasteiger partial charge in [0.2, 0.25) is 5.91 Å². The van der Waals surface area contributed by atoms with Crippen molar-refractivity contribution in [2.45, 2.75) is 12.3 Å². The molecule has 1 aromatic heterocycles. The van der Waals surface area contributed by atoms with Crippen LogP contribution in [-0.2, 0) is 9.59 Å². The Morgan fingerprint density at radius 2 is 1.69 bits per heavy atom. The predicted octanol–water partition coefficient (Wildman–Crippen LogP) is 4.49. The van der Waals surface area contributed by atoms with Gasteiger partial charge in [0.15, 0.2) is 5.82 Å². The second-order valence-electron chi connectivity index (χ2n) is 7.82. The molecule has 0 fully saturated rings. The number of aliphatic carboxylic acids is 1. The maximum Gasteiger partial charge on any atom is 0.304 e. The van der Waals surface area contributed by atoms with Crippen molar-refractivity contribution in [1.29, 1.82) is 0 Å². The average Bonchev–Trinajstić information content (AvgIpc) is 3.19. The summed E-state index contributed by atoms with van der Waals surface area (Å²) in [5.41, 5.74) is 4.65. The summed E-state index contributed by atoms with van der Waals surface area (Å²) in [6.45, 7) is 0. The Hall–Kier alpha value is -4.13. The first kappa shape index (κ1) is 21.1. The van der Waals surface area contributed by atoms with Crippen molar-refractivity contribution in [2.75, 3.05) is 24.3 Å². The molecule has 7 nitrogen and oxygen atoms in total. The third kappa shape index (κ3) is 4.46. The minimum absolute atomic E-state index is 0.300. The first-order chi connectivity index (χ1) is 15.4. The van der Waals surface area contributed by atoms with Gasteiger partial charge in [0.05, 0.1) is 17.9 Å². The largest absolute Gasteiger partial charge is 0.481 e. The fourth-order valence-electron chi connectivity index (χ4n) is 3.67. The number of nitrogens with zero attached hydrogens (tertiary/aromatic N) is 2. The van der Waals surface area contributed by atoms with Crippen molar-refractivity contribution in [3.63, 3.8) is 0 Å². The van der Waals surface area contributed by atoms with Crippen LogP contribution in [0.1, 0.15) is 17.9 Å². The van der Waals surface area contributed by atoms with E-state index in [1.807, 2.05) is 43.3 Å². The molecule has 0 aliphatic rings. The maximum absolute atomic E-state index is 12.9. The summed E-state index contributed by atoms with van der Waals surface area (Å²) in [5, 5.41) is 20.0. The Bertz CT molecular complexity index is 1250. The summed E-state index contributed by atoms with van der Waals surface area (Å²) in [5.74, 6) is -1.87. The summed E-state index contributed by atoms with van der Waals surface area (Å²) in [4.78, 5) is 26.3. The molecule has 0 aliphatic carbocycles. The fourth-order valence-corrected chi connectivity index (χ4v) is 3.67. The van der Waals surface area contributed by atoms with Gasteiger partial charge in [-0.1, -0.05) is 48.5 Å². The third-order valence-electron chi connectivity index (χ3n) is 5.42. The van der Waals surface area contributed by atoms with Gasteiger partial charge >= 0.3 is 5.97 Å². The number of carboxylic acids is 1. The van der Waals surface area contributed by atoms with Gasteiger partial charge in [0, 0.05) is 25.2 Å². The zero-order valence-corrected chi connectivity index (χ0v) is 17.9. The Balaban J connectivity index is 1.58. The lowest BCUT2D eigenvalue weighted by Crippen LogP contribution is -2.23. The van der Waals surface area contributed by atoms with Gasteiger partial charge < -0.3 is 15.3 Å². The fraction of sp³-hybridized carbons (Fsp3) is 0.160. The van der Waals surface area contributed by atoms with Gasteiger partial charge in [0.25, 0.3) is 0 Å². The number of carbonyl (C=O) groups is 2. The van der Waals surface area contributed by atoms with Crippen LogP contribution in [0.3, 0.4) is 0 Å². The lowest BCUT2D eigenvalue weighted by molar-refractivity contribution is -0.139. The Morgan fingerprint density at radius 3 is 2.34 bits per heavy atom. The highest BCUT2D eigenvalue weighted by molar-refractivity contribution is 6.03. The van der Waals surface area contributed by atoms with Crippen LogP contribution in [0.4, 0.5) is 11.5 Å². The van der Waals surface area contributed by atoms with Crippen molar-refractivity contribution in [3.05, 3.63) is 78.4 Å². The van der Waals surface area contributed by atoms with Crippen molar-refractivity contribution < 1.29 is 14.7 Å². The first-order valence-corrected chi connectivity index (χ1v) is 10.3. The average molecular weight is 428 g/mol. The van der Waals surface area contributed by atoms with Crippen molar-refractivity contribution >= 4 is 34.3 Å². The van der Waals surface area contributed by atoms with Gasteiger partial charge in [-0.3, -0.25) is 14.7 Å². The monoisotopic (exact) mass is 428 g/mol. The number of aromatic nitrogens is 2. The summed E-state index contributed by atoms with van der Waals surface area (Å²) in [6, 6.07) is 23.0. The number of hydrogen-bond acceptors (Lipinski definition) is 4. The van der Waals surface area contributed by atoms with Crippen LogP contribution in [0, 0.1) is 0 Å². The molecule has 1 heterocycles. The van der Waals surface area contributed by atoms with Crippen LogP contribution >= 0.6 is 0 Å². The number of rotatable bonds is 7. The third-order valence-corrected chi connectivity index (χ3v) is 5.42. The number of aromatic amines is 1. The molecule has 3 aromatic carbocycles. The molecule has 1 atom stereocenters. The Labute approximate surface area is 185 Å². The number of benzene rings is 3. The zero-order chi connectivity index (χ0) is 22.7. The second-order valence-corrected chi connectivity index (χ2v) is 7.82. The van der Waals surface area contributed by atoms with Crippen molar-refractivity contribution in [1.82, 2.24) is 10.2 Å². The molecule has 0 spiro atoms. The van der Waals surface area contributed by atoms with Crippen LogP contribution in [0.5, 0.6) is 0 Å². The normalized spacial score (nSPS) is 11.8. The number of carboxylic acid groups (broad SMARTS) is 1. The molecular weight excluding hydrogens is 404 g/mol. The maximum atomic E-state index is 12.9. The second kappa shape index (κ2) is 8.93. The number of carbonyl (C=O) groups excluding carboxylic acids is 1. The Kier molecular flexibility index (Phi) is 5.89. The number of amides is 1. The van der Waals surface area contributed by atoms with Gasteiger partial charge in [-0.25, -0.2) is 0 Å². The topological polar surface area (TPSA) is 98.3 Å². The molecule has 0 saturated carbocycles. The molecule has 0 radical (unpaired) electrons. The molecule has 0 bridgehead atoms. The van der Waals surface area contributed by atoms with Gasteiger partial charge in [-0.2, -0.15) is 5.10 Å². The number of anilines is 2. The van der Waals surface area contributed by atoms with E-state index in [0.717, 1.165) is 27.7 Å². The van der Waals surface area contributed by atoms with E-state index >= 15 is 0 Å². The molecule has 0 aliphatic heterocycles. The first-order valence-electron chi connectivity index (χ1n) is 10.3. The van der Waals surface area contributed by atoms with Gasteiger partial charge in [0.1, 0.15) is 0 Å². The highest BCUT2D eigenvalue weighted by Gasteiger charge is 2.25. The minimum Gasteiger partial charge on any atom is -0.481 e. The lowest BCUT2D eigenvalue weighted by atomic mass is 9.95. The van der Waals surface area contributed by atoms with Crippen molar-refractivity contribution in [3.8, 4) is 11.1 Å². The van der Waals surface area contributed by atoms with E-state index in [0.29, 0.717) is 11.4 Å². The summed E-state index contributed by atoms with van der Waals surface area (Å²) < 4.78 is 0. The molecular formula is C25H24N4O3. The SMILES string of the molecule is CN(C)c1ccc(-c2ccc3c(NC(=O)C(CC(=O)O)c4ccccc4)n[nH]c3c2)cc1. The number of hydrogen-bond donors (Lipinski definition) is 3. The van der Waals surface area contributed by atoms with E-state index in [-0.39, 0.29) is 6.42 Å². The van der Waals surface area contributed by atoms with Crippen LogP contribution in [-0.4, -0.2) is 41.3 Å². The molecule has 162 valence electrons. The molecule has 4 aromatic rings. The molecule has 0 saturated heterocycles. The van der Waals surface area contributed by atoms with Crippen LogP contribution in [0.15, 0.2) is 72.8 Å². The number of H-pyrrole nitrogens is 1. The van der Waals surface area contributed by atoms with E-state index in [9.17, 15) is 14.7 Å². The minimum atomic E-state index is -1.04. The highest BCUT2D eigenvalue weighted by atomic mass is 16.4. The standard InChI is InChI=1S/C25H24N4O3/c1-29(2)19-11-8-16(9-12-19)18-10-13-20-22(14-18)27-28-24(20)26-25(32)21(15-23(30)31)17-6-4-3-5-7-17/h3-14,21H,15H2,1-2H3,(H,30,31)(H2,26,27,28,32). The highest BCUT2D eigenvalue weighted by Crippen LogP contribution is 2.29.